The van der Waals surface area contributed by atoms with Crippen molar-refractivity contribution in [2.24, 2.45) is 0 Å². The first kappa shape index (κ1) is 27.0. The molecule has 0 atom stereocenters. The van der Waals surface area contributed by atoms with E-state index in [9.17, 15) is 0 Å². The average molecular weight is 476 g/mol. The second-order valence-corrected chi connectivity index (χ2v) is 9.79. The lowest BCUT2D eigenvalue weighted by Gasteiger charge is -2.40. The fourth-order valence-electron chi connectivity index (χ4n) is 3.34. The van der Waals surface area contributed by atoms with E-state index in [4.69, 9.17) is 13.3 Å². The summed E-state index contributed by atoms with van der Waals surface area (Å²) >= 11 is 0. The smallest absolute Gasteiger partial charge is 0.500 e. The molecule has 0 spiro atoms. The van der Waals surface area contributed by atoms with Gasteiger partial charge < -0.3 is 41.7 Å². The van der Waals surface area contributed by atoms with E-state index in [-0.39, 0.29) is 24.0 Å². The molecule has 0 aromatic heterocycles. The van der Waals surface area contributed by atoms with Crippen LogP contribution in [0.5, 0.6) is 0 Å². The van der Waals surface area contributed by atoms with Gasteiger partial charge in [0.2, 0.25) is 0 Å². The molecule has 0 aliphatic rings. The zero-order chi connectivity index (χ0) is 17.6. The summed E-state index contributed by atoms with van der Waals surface area (Å²) in [7, 11) is 2.72. The summed E-state index contributed by atoms with van der Waals surface area (Å²) < 4.78 is 18.0. The van der Waals surface area contributed by atoms with Crippen LogP contribution in [0.15, 0.2) is 0 Å². The zero-order valence-electron chi connectivity index (χ0n) is 17.0. The van der Waals surface area contributed by atoms with Crippen LogP contribution in [0.3, 0.4) is 0 Å². The number of unbranched alkanes of at least 4 members (excludes halogenated alkanes) is 3. The summed E-state index contributed by atoms with van der Waals surface area (Å²) in [6.45, 7) is 12.1. The van der Waals surface area contributed by atoms with E-state index in [2.05, 4.69) is 20.8 Å². The highest BCUT2D eigenvalue weighted by atomic mass is 127. The summed E-state index contributed by atoms with van der Waals surface area (Å²) in [4.78, 5) is 0. The zero-order valence-corrected chi connectivity index (χ0v) is 20.2. The quantitative estimate of drug-likeness (QED) is 0.192. The first-order valence-corrected chi connectivity index (χ1v) is 11.5. The van der Waals surface area contributed by atoms with E-state index in [0.717, 1.165) is 12.5 Å². The number of hydrogen-bond acceptors (Lipinski definition) is 3. The molecular weight excluding hydrogens is 433 g/mol. The van der Waals surface area contributed by atoms with Gasteiger partial charge in [-0.15, -0.1) is 0 Å². The third kappa shape index (κ3) is 10.1. The van der Waals surface area contributed by atoms with Gasteiger partial charge in [0, 0.05) is 33.8 Å². The van der Waals surface area contributed by atoms with Crippen molar-refractivity contribution in [1.29, 1.82) is 0 Å². The van der Waals surface area contributed by atoms with E-state index in [0.29, 0.717) is 0 Å². The fraction of sp³-hybridized carbons (Fsp3) is 1.00. The number of hydrogen-bond donors (Lipinski definition) is 0. The van der Waals surface area contributed by atoms with Crippen molar-refractivity contribution in [2.45, 2.75) is 71.8 Å². The Labute approximate surface area is 169 Å². The molecule has 0 saturated heterocycles. The molecule has 0 unspecified atom stereocenters. The topological polar surface area (TPSA) is 27.7 Å². The Hall–Kier alpha value is 0.787. The molecule has 0 N–H and O–H groups in total. The van der Waals surface area contributed by atoms with Crippen molar-refractivity contribution in [3.63, 3.8) is 0 Å². The van der Waals surface area contributed by atoms with Crippen LogP contribution in [0.2, 0.25) is 6.04 Å². The highest BCUT2D eigenvalue weighted by Crippen LogP contribution is 2.20. The first-order valence-electron chi connectivity index (χ1n) is 9.58. The maximum absolute atomic E-state index is 5.58. The average Bonchev–Trinajstić information content (AvgIpc) is 2.60. The van der Waals surface area contributed by atoms with Crippen molar-refractivity contribution in [3.05, 3.63) is 0 Å². The molecule has 0 aromatic carbocycles. The van der Waals surface area contributed by atoms with Crippen LogP contribution in [0.25, 0.3) is 0 Å². The highest BCUT2D eigenvalue weighted by Gasteiger charge is 2.38. The second-order valence-electron chi connectivity index (χ2n) is 6.70. The normalized spacial score (nSPS) is 12.2. The van der Waals surface area contributed by atoms with Crippen LogP contribution in [-0.4, -0.2) is 60.8 Å². The van der Waals surface area contributed by atoms with E-state index < -0.39 is 8.80 Å². The maximum atomic E-state index is 5.58. The minimum Gasteiger partial charge on any atom is -1.00 e. The predicted octanol–water partition coefficient (Wildman–Crippen LogP) is 1.48. The van der Waals surface area contributed by atoms with Crippen LogP contribution < -0.4 is 24.0 Å². The van der Waals surface area contributed by atoms with Gasteiger partial charge in [-0.3, -0.25) is 0 Å². The fourth-order valence-corrected chi connectivity index (χ4v) is 5.04. The lowest BCUT2D eigenvalue weighted by atomic mass is 10.1. The molecule has 0 aliphatic carbocycles. The molecule has 0 aromatic rings. The van der Waals surface area contributed by atoms with Gasteiger partial charge in [-0.1, -0.05) is 40.0 Å². The van der Waals surface area contributed by atoms with Crippen molar-refractivity contribution < 1.29 is 41.7 Å². The number of quaternary nitrogens is 1. The molecule has 0 fully saturated rings. The van der Waals surface area contributed by atoms with Crippen molar-refractivity contribution in [3.8, 4) is 0 Å². The minimum atomic E-state index is -2.42. The van der Waals surface area contributed by atoms with Gasteiger partial charge >= 0.3 is 8.80 Å². The Bertz CT molecular complexity index is 249. The van der Waals surface area contributed by atoms with Crippen molar-refractivity contribution >= 4 is 8.80 Å². The number of halogens is 1. The first-order chi connectivity index (χ1) is 11.1. The molecule has 0 heterocycles. The highest BCUT2D eigenvalue weighted by molar-refractivity contribution is 6.60. The minimum absolute atomic E-state index is 0. The molecule has 0 amide bonds. The molecule has 0 saturated carbocycles. The SMILES string of the molecule is CCCC[N+](CCCC)(CCCC)CCC[Si](OC)(OC)OC.[I-]. The van der Waals surface area contributed by atoms with Crippen LogP contribution in [0.1, 0.15) is 65.7 Å². The van der Waals surface area contributed by atoms with Crippen LogP contribution in [-0.2, 0) is 13.3 Å². The Kier molecular flexibility index (Phi) is 18.0. The van der Waals surface area contributed by atoms with Crippen molar-refractivity contribution in [2.75, 3.05) is 47.5 Å². The van der Waals surface area contributed by atoms with Gasteiger partial charge in [0.1, 0.15) is 0 Å². The predicted molar refractivity (Wildman–Crippen MR) is 101 cm³/mol. The molecule has 24 heavy (non-hydrogen) atoms. The summed E-state index contributed by atoms with van der Waals surface area (Å²) in [5, 5.41) is 0. The van der Waals surface area contributed by atoms with Gasteiger partial charge in [-0.2, -0.15) is 0 Å². The number of nitrogens with zero attached hydrogens (tertiary/aromatic N) is 1. The third-order valence-electron chi connectivity index (χ3n) is 5.01. The summed E-state index contributed by atoms with van der Waals surface area (Å²) in [5.74, 6) is 0. The van der Waals surface area contributed by atoms with E-state index in [1.54, 1.807) is 21.3 Å². The monoisotopic (exact) mass is 475 g/mol. The molecule has 6 heteroatoms. The van der Waals surface area contributed by atoms with E-state index in [1.807, 2.05) is 0 Å². The Morgan fingerprint density at radius 3 is 1.25 bits per heavy atom. The van der Waals surface area contributed by atoms with Gasteiger partial charge in [0.25, 0.3) is 0 Å². The molecule has 0 rings (SSSR count). The molecule has 0 bridgehead atoms. The Morgan fingerprint density at radius 2 is 0.958 bits per heavy atom. The Morgan fingerprint density at radius 1 is 0.625 bits per heavy atom. The largest absolute Gasteiger partial charge is 1.00 e. The molecular formula is C18H42INO3Si. The number of rotatable bonds is 16. The van der Waals surface area contributed by atoms with Crippen LogP contribution >= 0.6 is 0 Å². The van der Waals surface area contributed by atoms with Crippen molar-refractivity contribution in [1.82, 2.24) is 0 Å². The molecule has 4 nitrogen and oxygen atoms in total. The summed E-state index contributed by atoms with van der Waals surface area (Å²) in [6, 6.07) is 0.918. The Balaban J connectivity index is 0. The lowest BCUT2D eigenvalue weighted by molar-refractivity contribution is -0.928. The molecule has 0 radical (unpaired) electrons. The van der Waals surface area contributed by atoms with Gasteiger partial charge in [0.15, 0.2) is 0 Å². The molecule has 148 valence electrons. The molecule has 0 aliphatic heterocycles. The standard InChI is InChI=1S/C18H42NO3Si.HI/c1-7-10-14-19(15-11-8-2,16-12-9-3)17-13-18-23(20-4,21-5)22-6;/h7-18H2,1-6H3;1H/q+1;/p-1. The second kappa shape index (κ2) is 16.0. The third-order valence-corrected chi connectivity index (χ3v) is 7.84. The van der Waals surface area contributed by atoms with E-state index in [1.165, 1.54) is 69.2 Å². The van der Waals surface area contributed by atoms with Gasteiger partial charge in [-0.05, 0) is 19.3 Å². The van der Waals surface area contributed by atoms with Gasteiger partial charge in [0.05, 0.1) is 26.2 Å². The van der Waals surface area contributed by atoms with Crippen LogP contribution in [0.4, 0.5) is 0 Å². The lowest BCUT2D eigenvalue weighted by Crippen LogP contribution is -3.00. The maximum Gasteiger partial charge on any atom is 0.500 e. The van der Waals surface area contributed by atoms with Gasteiger partial charge in [-0.25, -0.2) is 0 Å². The van der Waals surface area contributed by atoms with Crippen LogP contribution in [0, 0.1) is 0 Å². The summed E-state index contributed by atoms with van der Waals surface area (Å²) in [6.07, 6.45) is 8.96. The van der Waals surface area contributed by atoms with E-state index >= 15 is 0 Å². The summed E-state index contributed by atoms with van der Waals surface area (Å²) in [5.41, 5.74) is 0.